The molecular formula is C16H21N3O2S. The fraction of sp³-hybridized carbons (Fsp3) is 0.562. The van der Waals surface area contributed by atoms with E-state index in [0.717, 1.165) is 35.3 Å². The van der Waals surface area contributed by atoms with Crippen LogP contribution in [0.15, 0.2) is 4.79 Å². The van der Waals surface area contributed by atoms with E-state index in [-0.39, 0.29) is 17.9 Å². The molecule has 0 fully saturated rings. The summed E-state index contributed by atoms with van der Waals surface area (Å²) in [4.78, 5) is 31.0. The van der Waals surface area contributed by atoms with Crippen LogP contribution < -0.4 is 11.3 Å². The minimum Gasteiger partial charge on any atom is -0.370 e. The Bertz CT molecular complexity index is 789. The van der Waals surface area contributed by atoms with Gasteiger partial charge in [-0.15, -0.1) is 11.3 Å². The quantitative estimate of drug-likeness (QED) is 0.939. The van der Waals surface area contributed by atoms with Gasteiger partial charge in [0.05, 0.1) is 5.39 Å². The van der Waals surface area contributed by atoms with E-state index in [2.05, 4.69) is 0 Å². The highest BCUT2D eigenvalue weighted by molar-refractivity contribution is 7.18. The molecule has 5 nitrogen and oxygen atoms in total. The Hall–Kier alpha value is -1.69. The molecule has 1 aliphatic rings. The number of hydrogen-bond donors (Lipinski definition) is 1. The van der Waals surface area contributed by atoms with Crippen molar-refractivity contribution in [3.63, 3.8) is 0 Å². The van der Waals surface area contributed by atoms with Crippen LogP contribution in [0, 0.1) is 0 Å². The smallest absolute Gasteiger partial charge is 0.262 e. The van der Waals surface area contributed by atoms with E-state index >= 15 is 0 Å². The molecule has 0 spiro atoms. The summed E-state index contributed by atoms with van der Waals surface area (Å²) in [5, 5.41) is 0.772. The van der Waals surface area contributed by atoms with Gasteiger partial charge in [0.15, 0.2) is 0 Å². The zero-order chi connectivity index (χ0) is 15.9. The molecule has 0 saturated heterocycles. The second-order valence-electron chi connectivity index (χ2n) is 6.19. The number of carbonyl (C=O) groups is 1. The van der Waals surface area contributed by atoms with Gasteiger partial charge in [0.25, 0.3) is 5.56 Å². The van der Waals surface area contributed by atoms with Crippen LogP contribution in [-0.4, -0.2) is 15.5 Å². The van der Waals surface area contributed by atoms with Crippen molar-refractivity contribution in [3.05, 3.63) is 26.6 Å². The first-order valence-electron chi connectivity index (χ1n) is 7.82. The van der Waals surface area contributed by atoms with Crippen molar-refractivity contribution in [1.29, 1.82) is 0 Å². The third-order valence-corrected chi connectivity index (χ3v) is 5.39. The third kappa shape index (κ3) is 2.56. The number of aryl methyl sites for hydroxylation is 2. The van der Waals surface area contributed by atoms with Crippen molar-refractivity contribution in [2.45, 2.75) is 58.4 Å². The van der Waals surface area contributed by atoms with E-state index in [9.17, 15) is 9.59 Å². The summed E-state index contributed by atoms with van der Waals surface area (Å²) in [6, 6.07) is 0. The Morgan fingerprint density at radius 1 is 1.36 bits per heavy atom. The lowest BCUT2D eigenvalue weighted by Crippen LogP contribution is -2.28. The molecule has 1 amide bonds. The molecular weight excluding hydrogens is 298 g/mol. The average molecular weight is 319 g/mol. The van der Waals surface area contributed by atoms with Crippen LogP contribution in [0.4, 0.5) is 0 Å². The monoisotopic (exact) mass is 319 g/mol. The fourth-order valence-corrected chi connectivity index (χ4v) is 4.39. The van der Waals surface area contributed by atoms with Gasteiger partial charge < -0.3 is 5.73 Å². The Balaban J connectivity index is 2.22. The molecule has 0 unspecified atom stereocenters. The van der Waals surface area contributed by atoms with Gasteiger partial charge in [0.1, 0.15) is 10.7 Å². The Morgan fingerprint density at radius 3 is 2.77 bits per heavy atom. The lowest BCUT2D eigenvalue weighted by atomic mass is 9.97. The largest absolute Gasteiger partial charge is 0.370 e. The maximum Gasteiger partial charge on any atom is 0.262 e. The van der Waals surface area contributed by atoms with Crippen molar-refractivity contribution >= 4 is 27.5 Å². The standard InChI is InChI=1S/C16H21N3O2S/c1-9(2)14-18-15-13(10-5-3-4-6-11(10)22-15)16(21)19(14)8-7-12(17)20/h9H,3-8H2,1-2H3,(H2,17,20). The predicted octanol–water partition coefficient (Wildman–Crippen LogP) is 2.34. The highest BCUT2D eigenvalue weighted by Crippen LogP contribution is 2.34. The molecule has 2 heterocycles. The first-order chi connectivity index (χ1) is 10.5. The molecule has 2 N–H and O–H groups in total. The van der Waals surface area contributed by atoms with Crippen LogP contribution >= 0.6 is 11.3 Å². The van der Waals surface area contributed by atoms with Gasteiger partial charge in [0, 0.05) is 23.8 Å². The number of amides is 1. The normalized spacial score (nSPS) is 14.5. The number of carbonyl (C=O) groups excluding carboxylic acids is 1. The molecule has 6 heteroatoms. The number of rotatable bonds is 4. The molecule has 22 heavy (non-hydrogen) atoms. The van der Waals surface area contributed by atoms with Gasteiger partial charge in [-0.25, -0.2) is 4.98 Å². The highest BCUT2D eigenvalue weighted by atomic mass is 32.1. The maximum absolute atomic E-state index is 13.0. The van der Waals surface area contributed by atoms with Crippen LogP contribution in [0.3, 0.4) is 0 Å². The molecule has 0 aromatic carbocycles. The van der Waals surface area contributed by atoms with Crippen LogP contribution in [0.1, 0.15) is 55.3 Å². The van der Waals surface area contributed by atoms with Gasteiger partial charge in [-0.3, -0.25) is 14.2 Å². The van der Waals surface area contributed by atoms with E-state index in [4.69, 9.17) is 10.7 Å². The van der Waals surface area contributed by atoms with Crippen molar-refractivity contribution in [1.82, 2.24) is 9.55 Å². The molecule has 0 saturated carbocycles. The Labute approximate surface area is 133 Å². The molecule has 2 aromatic rings. The van der Waals surface area contributed by atoms with Crippen molar-refractivity contribution in [2.24, 2.45) is 5.73 Å². The van der Waals surface area contributed by atoms with Crippen molar-refractivity contribution < 1.29 is 4.79 Å². The van der Waals surface area contributed by atoms with Crippen molar-refractivity contribution in [3.8, 4) is 0 Å². The Kier molecular flexibility index (Phi) is 4.04. The number of primary amides is 1. The topological polar surface area (TPSA) is 78.0 Å². The zero-order valence-electron chi connectivity index (χ0n) is 13.0. The molecule has 118 valence electrons. The predicted molar refractivity (Wildman–Crippen MR) is 88.4 cm³/mol. The second-order valence-corrected chi connectivity index (χ2v) is 7.27. The van der Waals surface area contributed by atoms with E-state index in [1.54, 1.807) is 15.9 Å². The number of fused-ring (bicyclic) bond motifs is 3. The lowest BCUT2D eigenvalue weighted by Gasteiger charge is -2.15. The van der Waals surface area contributed by atoms with E-state index in [1.165, 1.54) is 16.9 Å². The van der Waals surface area contributed by atoms with Crippen LogP contribution in [-0.2, 0) is 24.2 Å². The van der Waals surface area contributed by atoms with Gasteiger partial charge in [-0.2, -0.15) is 0 Å². The van der Waals surface area contributed by atoms with Gasteiger partial charge in [0.2, 0.25) is 5.91 Å². The first-order valence-corrected chi connectivity index (χ1v) is 8.64. The van der Waals surface area contributed by atoms with Gasteiger partial charge in [-0.1, -0.05) is 13.8 Å². The number of thiophene rings is 1. The minimum atomic E-state index is -0.394. The zero-order valence-corrected chi connectivity index (χ0v) is 13.8. The molecule has 0 radical (unpaired) electrons. The summed E-state index contributed by atoms with van der Waals surface area (Å²) < 4.78 is 1.65. The van der Waals surface area contributed by atoms with E-state index in [1.807, 2.05) is 13.8 Å². The number of nitrogens with zero attached hydrogens (tertiary/aromatic N) is 2. The fourth-order valence-electron chi connectivity index (χ4n) is 3.13. The SMILES string of the molecule is CC(C)c1nc2sc3c(c2c(=O)n1CCC(N)=O)CCCC3. The number of aromatic nitrogens is 2. The summed E-state index contributed by atoms with van der Waals surface area (Å²) >= 11 is 1.66. The molecule has 0 atom stereocenters. The van der Waals surface area contributed by atoms with Gasteiger partial charge >= 0.3 is 0 Å². The second kappa shape index (κ2) is 5.83. The van der Waals surface area contributed by atoms with E-state index in [0.29, 0.717) is 6.54 Å². The summed E-state index contributed by atoms with van der Waals surface area (Å²) in [5.74, 6) is 0.482. The molecule has 0 bridgehead atoms. The highest BCUT2D eigenvalue weighted by Gasteiger charge is 2.22. The molecule has 0 aliphatic heterocycles. The number of hydrogen-bond acceptors (Lipinski definition) is 4. The van der Waals surface area contributed by atoms with Gasteiger partial charge in [-0.05, 0) is 31.2 Å². The third-order valence-electron chi connectivity index (χ3n) is 4.20. The lowest BCUT2D eigenvalue weighted by molar-refractivity contribution is -0.118. The van der Waals surface area contributed by atoms with Crippen molar-refractivity contribution in [2.75, 3.05) is 0 Å². The molecule has 3 rings (SSSR count). The Morgan fingerprint density at radius 2 is 2.09 bits per heavy atom. The molecule has 2 aromatic heterocycles. The summed E-state index contributed by atoms with van der Waals surface area (Å²) in [7, 11) is 0. The summed E-state index contributed by atoms with van der Waals surface area (Å²) in [6.45, 7) is 4.35. The summed E-state index contributed by atoms with van der Waals surface area (Å²) in [5.41, 5.74) is 6.43. The first kappa shape index (κ1) is 15.2. The average Bonchev–Trinajstić information content (AvgIpc) is 2.84. The summed E-state index contributed by atoms with van der Waals surface area (Å²) in [6.07, 6.45) is 4.49. The maximum atomic E-state index is 13.0. The minimum absolute atomic E-state index is 0.00523. The van der Waals surface area contributed by atoms with Crippen LogP contribution in [0.2, 0.25) is 0 Å². The number of nitrogens with two attached hydrogens (primary N) is 1. The van der Waals surface area contributed by atoms with E-state index < -0.39 is 5.91 Å². The molecule has 1 aliphatic carbocycles. The van der Waals surface area contributed by atoms with Crippen LogP contribution in [0.25, 0.3) is 10.2 Å². The van der Waals surface area contributed by atoms with Crippen LogP contribution in [0.5, 0.6) is 0 Å².